The zero-order valence-corrected chi connectivity index (χ0v) is 10.1. The zero-order valence-electron chi connectivity index (χ0n) is 10.1. The fraction of sp³-hybridized carbons (Fsp3) is 0.571. The van der Waals surface area contributed by atoms with Crippen molar-refractivity contribution in [2.45, 2.75) is 46.5 Å². The topological polar surface area (TPSA) is 0 Å². The number of benzene rings is 1. The number of rotatable bonds is 3. The molecule has 0 saturated heterocycles. The Kier molecular flexibility index (Phi) is 3.36. The van der Waals surface area contributed by atoms with Crippen LogP contribution >= 0.6 is 0 Å². The minimum absolute atomic E-state index is 0.284. The van der Waals surface area contributed by atoms with E-state index in [0.717, 1.165) is 6.42 Å². The van der Waals surface area contributed by atoms with Gasteiger partial charge in [0.05, 0.1) is 0 Å². The van der Waals surface area contributed by atoms with Crippen LogP contribution in [0.3, 0.4) is 0 Å². The highest BCUT2D eigenvalue weighted by Crippen LogP contribution is 2.33. The summed E-state index contributed by atoms with van der Waals surface area (Å²) in [6.07, 6.45) is 1.13. The molecule has 1 aromatic carbocycles. The summed E-state index contributed by atoms with van der Waals surface area (Å²) in [4.78, 5) is 0. The molecule has 0 aliphatic rings. The average molecular weight is 190 g/mol. The molecule has 0 aliphatic heterocycles. The fourth-order valence-corrected chi connectivity index (χ4v) is 1.77. The Morgan fingerprint density at radius 3 is 2.21 bits per heavy atom. The van der Waals surface area contributed by atoms with Gasteiger partial charge in [0.2, 0.25) is 0 Å². The van der Waals surface area contributed by atoms with Gasteiger partial charge in [-0.3, -0.25) is 0 Å². The first-order valence-electron chi connectivity index (χ1n) is 5.58. The Morgan fingerprint density at radius 2 is 1.71 bits per heavy atom. The standard InChI is InChI=1S/C14H22/c1-6-12-9-7-8-10-13(12)14(4,5)11(2)3/h7-11H,6H2,1-5H3. The van der Waals surface area contributed by atoms with E-state index in [1.54, 1.807) is 0 Å². The SMILES string of the molecule is CCc1ccccc1C(C)(C)C(C)C. The smallest absolute Gasteiger partial charge is 0.00778 e. The molecule has 0 radical (unpaired) electrons. The highest BCUT2D eigenvalue weighted by molar-refractivity contribution is 5.33. The van der Waals surface area contributed by atoms with Crippen LogP contribution in [0.1, 0.15) is 45.7 Å². The van der Waals surface area contributed by atoms with Crippen LogP contribution < -0.4 is 0 Å². The van der Waals surface area contributed by atoms with Gasteiger partial charge < -0.3 is 0 Å². The van der Waals surface area contributed by atoms with E-state index >= 15 is 0 Å². The van der Waals surface area contributed by atoms with Crippen molar-refractivity contribution < 1.29 is 0 Å². The molecule has 0 atom stereocenters. The maximum absolute atomic E-state index is 2.34. The molecule has 0 aromatic heterocycles. The maximum atomic E-state index is 2.34. The van der Waals surface area contributed by atoms with Crippen molar-refractivity contribution >= 4 is 0 Å². The van der Waals surface area contributed by atoms with Crippen LogP contribution in [0.4, 0.5) is 0 Å². The Morgan fingerprint density at radius 1 is 1.14 bits per heavy atom. The predicted octanol–water partition coefficient (Wildman–Crippen LogP) is 4.18. The third-order valence-corrected chi connectivity index (χ3v) is 3.54. The maximum Gasteiger partial charge on any atom is -0.00778 e. The summed E-state index contributed by atoms with van der Waals surface area (Å²) in [5.74, 6) is 0.676. The van der Waals surface area contributed by atoms with E-state index in [2.05, 4.69) is 58.9 Å². The second-order valence-electron chi connectivity index (χ2n) is 4.89. The second kappa shape index (κ2) is 4.16. The summed E-state index contributed by atoms with van der Waals surface area (Å²) in [6.45, 7) is 11.5. The van der Waals surface area contributed by atoms with Gasteiger partial charge in [0.25, 0.3) is 0 Å². The summed E-state index contributed by atoms with van der Waals surface area (Å²) in [5, 5.41) is 0. The van der Waals surface area contributed by atoms with Crippen molar-refractivity contribution in [3.05, 3.63) is 35.4 Å². The van der Waals surface area contributed by atoms with Crippen molar-refractivity contribution in [1.82, 2.24) is 0 Å². The second-order valence-corrected chi connectivity index (χ2v) is 4.89. The van der Waals surface area contributed by atoms with E-state index in [4.69, 9.17) is 0 Å². The minimum atomic E-state index is 0.284. The van der Waals surface area contributed by atoms with Gasteiger partial charge in [0, 0.05) is 0 Å². The molecule has 0 unspecified atom stereocenters. The van der Waals surface area contributed by atoms with E-state index in [0.29, 0.717) is 5.92 Å². The molecular weight excluding hydrogens is 168 g/mol. The predicted molar refractivity (Wildman–Crippen MR) is 63.7 cm³/mol. The normalized spacial score (nSPS) is 12.1. The third kappa shape index (κ3) is 2.00. The molecule has 0 heteroatoms. The molecule has 0 bridgehead atoms. The molecule has 0 amide bonds. The highest BCUT2D eigenvalue weighted by Gasteiger charge is 2.26. The lowest BCUT2D eigenvalue weighted by atomic mass is 9.73. The van der Waals surface area contributed by atoms with Gasteiger partial charge in [-0.15, -0.1) is 0 Å². The van der Waals surface area contributed by atoms with E-state index < -0.39 is 0 Å². The summed E-state index contributed by atoms with van der Waals surface area (Å²) >= 11 is 0. The van der Waals surface area contributed by atoms with Gasteiger partial charge in [0.15, 0.2) is 0 Å². The molecule has 0 heterocycles. The first kappa shape index (κ1) is 11.3. The Hall–Kier alpha value is -0.780. The number of aryl methyl sites for hydroxylation is 1. The van der Waals surface area contributed by atoms with Gasteiger partial charge >= 0.3 is 0 Å². The van der Waals surface area contributed by atoms with Crippen LogP contribution in [-0.2, 0) is 11.8 Å². The van der Waals surface area contributed by atoms with Gasteiger partial charge in [-0.05, 0) is 28.9 Å². The number of hydrogen-bond acceptors (Lipinski definition) is 0. The van der Waals surface area contributed by atoms with Gasteiger partial charge in [0.1, 0.15) is 0 Å². The average Bonchev–Trinajstić information content (AvgIpc) is 2.17. The number of hydrogen-bond donors (Lipinski definition) is 0. The minimum Gasteiger partial charge on any atom is -0.0620 e. The Balaban J connectivity index is 3.17. The van der Waals surface area contributed by atoms with E-state index in [1.165, 1.54) is 11.1 Å². The first-order chi connectivity index (χ1) is 6.50. The molecular formula is C14H22. The zero-order chi connectivity index (χ0) is 10.8. The van der Waals surface area contributed by atoms with Crippen LogP contribution in [-0.4, -0.2) is 0 Å². The molecule has 0 nitrogen and oxygen atoms in total. The molecule has 0 spiro atoms. The summed E-state index contributed by atoms with van der Waals surface area (Å²) in [6, 6.07) is 8.82. The van der Waals surface area contributed by atoms with Crippen molar-refractivity contribution in [1.29, 1.82) is 0 Å². The van der Waals surface area contributed by atoms with Crippen molar-refractivity contribution in [2.75, 3.05) is 0 Å². The summed E-state index contributed by atoms with van der Waals surface area (Å²) in [5.41, 5.74) is 3.29. The van der Waals surface area contributed by atoms with Crippen molar-refractivity contribution in [3.63, 3.8) is 0 Å². The van der Waals surface area contributed by atoms with E-state index in [1.807, 2.05) is 0 Å². The van der Waals surface area contributed by atoms with Crippen LogP contribution in [0.25, 0.3) is 0 Å². The molecule has 0 aliphatic carbocycles. The lowest BCUT2D eigenvalue weighted by Gasteiger charge is -2.31. The molecule has 14 heavy (non-hydrogen) atoms. The Bertz CT molecular complexity index is 295. The monoisotopic (exact) mass is 190 g/mol. The molecule has 1 aromatic rings. The van der Waals surface area contributed by atoms with Crippen LogP contribution in [0.15, 0.2) is 24.3 Å². The van der Waals surface area contributed by atoms with Gasteiger partial charge in [-0.1, -0.05) is 58.9 Å². The van der Waals surface area contributed by atoms with Crippen molar-refractivity contribution in [3.8, 4) is 0 Å². The molecule has 0 N–H and O–H groups in total. The largest absolute Gasteiger partial charge is 0.0620 e. The van der Waals surface area contributed by atoms with E-state index in [-0.39, 0.29) is 5.41 Å². The summed E-state index contributed by atoms with van der Waals surface area (Å²) in [7, 11) is 0. The van der Waals surface area contributed by atoms with E-state index in [9.17, 15) is 0 Å². The molecule has 78 valence electrons. The first-order valence-corrected chi connectivity index (χ1v) is 5.58. The van der Waals surface area contributed by atoms with Gasteiger partial charge in [-0.25, -0.2) is 0 Å². The van der Waals surface area contributed by atoms with Crippen molar-refractivity contribution in [2.24, 2.45) is 5.92 Å². The lowest BCUT2D eigenvalue weighted by Crippen LogP contribution is -2.25. The quantitative estimate of drug-likeness (QED) is 0.670. The molecule has 0 fully saturated rings. The lowest BCUT2D eigenvalue weighted by molar-refractivity contribution is 0.369. The van der Waals surface area contributed by atoms with Gasteiger partial charge in [-0.2, -0.15) is 0 Å². The highest BCUT2D eigenvalue weighted by atomic mass is 14.3. The van der Waals surface area contributed by atoms with Crippen LogP contribution in [0.5, 0.6) is 0 Å². The Labute approximate surface area is 88.4 Å². The molecule has 0 saturated carbocycles. The third-order valence-electron chi connectivity index (χ3n) is 3.54. The van der Waals surface area contributed by atoms with Crippen LogP contribution in [0, 0.1) is 5.92 Å². The van der Waals surface area contributed by atoms with Crippen LogP contribution in [0.2, 0.25) is 0 Å². The summed E-state index contributed by atoms with van der Waals surface area (Å²) < 4.78 is 0. The molecule has 1 rings (SSSR count). The fourth-order valence-electron chi connectivity index (χ4n) is 1.77.